The van der Waals surface area contributed by atoms with Crippen LogP contribution in [0.1, 0.15) is 11.1 Å². The van der Waals surface area contributed by atoms with Gasteiger partial charge in [-0.15, -0.1) is 0 Å². The maximum absolute atomic E-state index is 6.10. The van der Waals surface area contributed by atoms with Crippen molar-refractivity contribution in [2.24, 2.45) is 5.10 Å². The number of anilines is 1. The molecule has 1 N–H and O–H groups in total. The van der Waals surface area contributed by atoms with Gasteiger partial charge in [0.1, 0.15) is 12.4 Å². The number of hydrazone groups is 1. The molecular weight excluding hydrogens is 391 g/mol. The largest absolute Gasteiger partial charge is 0.489 e. The summed E-state index contributed by atoms with van der Waals surface area (Å²) in [6, 6.07) is 20.8. The zero-order valence-electron chi connectivity index (χ0n) is 13.6. The minimum absolute atomic E-state index is 0.407. The molecule has 3 rings (SSSR count). The standard InChI is InChI=1S/C20H15Cl3N2O/c21-16-10-18(22)20(19(23)11-16)25-24-12-14-6-8-17(9-7-14)26-13-15-4-2-1-3-5-15/h1-12,25H,13H2/b24-12-. The van der Waals surface area contributed by atoms with Crippen molar-refractivity contribution in [2.75, 3.05) is 5.43 Å². The van der Waals surface area contributed by atoms with Crippen LogP contribution in [0.5, 0.6) is 5.75 Å². The molecule has 0 aliphatic carbocycles. The molecule has 6 heteroatoms. The van der Waals surface area contributed by atoms with E-state index in [1.165, 1.54) is 0 Å². The maximum atomic E-state index is 6.10. The van der Waals surface area contributed by atoms with Gasteiger partial charge >= 0.3 is 0 Å². The van der Waals surface area contributed by atoms with Crippen LogP contribution in [0, 0.1) is 0 Å². The molecule has 0 heterocycles. The van der Waals surface area contributed by atoms with Crippen molar-refractivity contribution < 1.29 is 4.74 Å². The minimum Gasteiger partial charge on any atom is -0.489 e. The molecule has 0 bridgehead atoms. The van der Waals surface area contributed by atoms with Crippen LogP contribution >= 0.6 is 34.8 Å². The van der Waals surface area contributed by atoms with Crippen molar-refractivity contribution >= 4 is 46.7 Å². The summed E-state index contributed by atoms with van der Waals surface area (Å²) in [5, 5.41) is 5.44. The highest BCUT2D eigenvalue weighted by Crippen LogP contribution is 2.33. The topological polar surface area (TPSA) is 33.6 Å². The molecule has 3 aromatic rings. The fourth-order valence-corrected chi connectivity index (χ4v) is 3.11. The van der Waals surface area contributed by atoms with Gasteiger partial charge in [-0.2, -0.15) is 5.10 Å². The number of halogens is 3. The van der Waals surface area contributed by atoms with Crippen LogP contribution in [-0.2, 0) is 6.61 Å². The molecule has 0 aromatic heterocycles. The van der Waals surface area contributed by atoms with Crippen LogP contribution in [0.3, 0.4) is 0 Å². The summed E-state index contributed by atoms with van der Waals surface area (Å²) in [4.78, 5) is 0. The monoisotopic (exact) mass is 404 g/mol. The molecule has 0 aliphatic heterocycles. The van der Waals surface area contributed by atoms with Gasteiger partial charge in [-0.3, -0.25) is 5.43 Å². The molecule has 0 saturated heterocycles. The van der Waals surface area contributed by atoms with E-state index in [0.29, 0.717) is 27.4 Å². The first-order valence-corrected chi connectivity index (χ1v) is 8.95. The van der Waals surface area contributed by atoms with E-state index in [4.69, 9.17) is 39.5 Å². The quantitative estimate of drug-likeness (QED) is 0.367. The summed E-state index contributed by atoms with van der Waals surface area (Å²) >= 11 is 18.1. The Morgan fingerprint density at radius 2 is 1.54 bits per heavy atom. The molecule has 132 valence electrons. The van der Waals surface area contributed by atoms with E-state index in [-0.39, 0.29) is 0 Å². The van der Waals surface area contributed by atoms with Crippen LogP contribution in [0.25, 0.3) is 0 Å². The Bertz CT molecular complexity index is 874. The summed E-state index contributed by atoms with van der Waals surface area (Å²) in [6.07, 6.45) is 1.67. The van der Waals surface area contributed by atoms with E-state index in [0.717, 1.165) is 16.9 Å². The number of benzene rings is 3. The molecule has 3 aromatic carbocycles. The van der Waals surface area contributed by atoms with Crippen molar-refractivity contribution in [3.63, 3.8) is 0 Å². The summed E-state index contributed by atoms with van der Waals surface area (Å²) < 4.78 is 5.76. The number of nitrogens with one attached hydrogen (secondary N) is 1. The third-order valence-corrected chi connectivity index (χ3v) is 4.34. The fourth-order valence-electron chi connectivity index (χ4n) is 2.21. The van der Waals surface area contributed by atoms with E-state index < -0.39 is 0 Å². The molecule has 0 amide bonds. The first-order chi connectivity index (χ1) is 12.6. The highest BCUT2D eigenvalue weighted by molar-refractivity contribution is 6.41. The Labute approximate surface area is 167 Å². The number of hydrogen-bond donors (Lipinski definition) is 1. The SMILES string of the molecule is Clc1cc(Cl)c(N/N=C\c2ccc(OCc3ccccc3)cc2)c(Cl)c1. The second-order valence-corrected chi connectivity index (χ2v) is 6.71. The third kappa shape index (κ3) is 5.15. The van der Waals surface area contributed by atoms with E-state index in [1.54, 1.807) is 18.3 Å². The van der Waals surface area contributed by atoms with Crippen molar-refractivity contribution in [1.82, 2.24) is 0 Å². The van der Waals surface area contributed by atoms with Gasteiger partial charge in [0.15, 0.2) is 0 Å². The minimum atomic E-state index is 0.407. The molecule has 0 atom stereocenters. The molecule has 0 unspecified atom stereocenters. The van der Waals surface area contributed by atoms with Gasteiger partial charge in [0, 0.05) is 5.02 Å². The predicted octanol–water partition coefficient (Wildman–Crippen LogP) is 6.67. The molecular formula is C20H15Cl3N2O. The number of ether oxygens (including phenoxy) is 1. The summed E-state index contributed by atoms with van der Waals surface area (Å²) in [5.74, 6) is 0.794. The zero-order chi connectivity index (χ0) is 18.4. The van der Waals surface area contributed by atoms with Gasteiger partial charge < -0.3 is 4.74 Å². The Hall–Kier alpha value is -2.20. The summed E-state index contributed by atoms with van der Waals surface area (Å²) in [7, 11) is 0. The van der Waals surface area contributed by atoms with Crippen molar-refractivity contribution in [1.29, 1.82) is 0 Å². The number of rotatable bonds is 6. The highest BCUT2D eigenvalue weighted by atomic mass is 35.5. The Kier molecular flexibility index (Phi) is 6.40. The second kappa shape index (κ2) is 8.95. The highest BCUT2D eigenvalue weighted by Gasteiger charge is 2.06. The first-order valence-electron chi connectivity index (χ1n) is 7.82. The normalized spacial score (nSPS) is 10.9. The van der Waals surface area contributed by atoms with Crippen LogP contribution in [0.2, 0.25) is 15.1 Å². The van der Waals surface area contributed by atoms with Crippen LogP contribution in [0.4, 0.5) is 5.69 Å². The lowest BCUT2D eigenvalue weighted by molar-refractivity contribution is 0.306. The lowest BCUT2D eigenvalue weighted by Crippen LogP contribution is -1.95. The van der Waals surface area contributed by atoms with E-state index in [1.807, 2.05) is 54.6 Å². The fraction of sp³-hybridized carbons (Fsp3) is 0.0500. The Morgan fingerprint density at radius 1 is 0.885 bits per heavy atom. The van der Waals surface area contributed by atoms with E-state index in [2.05, 4.69) is 10.5 Å². The molecule has 0 spiro atoms. The summed E-state index contributed by atoms with van der Waals surface area (Å²) in [5.41, 5.74) is 5.38. The van der Waals surface area contributed by atoms with Gasteiger partial charge in [0.2, 0.25) is 0 Å². The van der Waals surface area contributed by atoms with Crippen LogP contribution in [0.15, 0.2) is 71.8 Å². The lowest BCUT2D eigenvalue weighted by atomic mass is 10.2. The van der Waals surface area contributed by atoms with Gasteiger partial charge in [-0.25, -0.2) is 0 Å². The number of hydrogen-bond acceptors (Lipinski definition) is 3. The first kappa shape index (κ1) is 18.6. The van der Waals surface area contributed by atoms with Gasteiger partial charge in [0.05, 0.1) is 21.9 Å². The van der Waals surface area contributed by atoms with Crippen molar-refractivity contribution in [3.8, 4) is 5.75 Å². The second-order valence-electron chi connectivity index (χ2n) is 5.46. The molecule has 0 saturated carbocycles. The van der Waals surface area contributed by atoms with E-state index in [9.17, 15) is 0 Å². The Balaban J connectivity index is 1.58. The van der Waals surface area contributed by atoms with Gasteiger partial charge in [-0.05, 0) is 47.5 Å². The third-order valence-electron chi connectivity index (χ3n) is 3.53. The smallest absolute Gasteiger partial charge is 0.119 e. The Morgan fingerprint density at radius 3 is 2.19 bits per heavy atom. The molecule has 26 heavy (non-hydrogen) atoms. The van der Waals surface area contributed by atoms with Crippen molar-refractivity contribution in [2.45, 2.75) is 6.61 Å². The predicted molar refractivity (Wildman–Crippen MR) is 110 cm³/mol. The summed E-state index contributed by atoms with van der Waals surface area (Å²) in [6.45, 7) is 0.531. The lowest BCUT2D eigenvalue weighted by Gasteiger charge is -2.07. The molecule has 0 aliphatic rings. The van der Waals surface area contributed by atoms with Crippen molar-refractivity contribution in [3.05, 3.63) is 92.9 Å². The molecule has 3 nitrogen and oxygen atoms in total. The number of nitrogens with zero attached hydrogens (tertiary/aromatic N) is 1. The average molecular weight is 406 g/mol. The van der Waals surface area contributed by atoms with Crippen LogP contribution in [-0.4, -0.2) is 6.21 Å². The molecule has 0 radical (unpaired) electrons. The average Bonchev–Trinajstić information content (AvgIpc) is 2.64. The van der Waals surface area contributed by atoms with Crippen LogP contribution < -0.4 is 10.2 Å². The van der Waals surface area contributed by atoms with Gasteiger partial charge in [0.25, 0.3) is 0 Å². The van der Waals surface area contributed by atoms with E-state index >= 15 is 0 Å². The maximum Gasteiger partial charge on any atom is 0.119 e. The molecule has 0 fully saturated rings. The van der Waals surface area contributed by atoms with Gasteiger partial charge in [-0.1, -0.05) is 65.1 Å². The zero-order valence-corrected chi connectivity index (χ0v) is 15.9.